The van der Waals surface area contributed by atoms with Crippen LogP contribution in [0.4, 0.5) is 0 Å². The van der Waals surface area contributed by atoms with E-state index in [-0.39, 0.29) is 6.04 Å². The molecule has 2 N–H and O–H groups in total. The number of hydrogen-bond donors (Lipinski definition) is 1. The number of hydrogen-bond acceptors (Lipinski definition) is 4. The van der Waals surface area contributed by atoms with Gasteiger partial charge in [0, 0.05) is 17.7 Å². The van der Waals surface area contributed by atoms with Gasteiger partial charge in [0.1, 0.15) is 0 Å². The van der Waals surface area contributed by atoms with E-state index in [2.05, 4.69) is 41.5 Å². The molecular weight excluding hydrogens is 232 g/mol. The smallest absolute Gasteiger partial charge is 0.0759 e. The number of rotatable bonds is 4. The highest BCUT2D eigenvalue weighted by Gasteiger charge is 2.11. The molecule has 90 valence electrons. The molecule has 2 aromatic rings. The van der Waals surface area contributed by atoms with Gasteiger partial charge in [-0.05, 0) is 19.1 Å². The number of thioether (sulfide) groups is 1. The summed E-state index contributed by atoms with van der Waals surface area (Å²) in [6.07, 6.45) is 1.72. The molecule has 0 fully saturated rings. The van der Waals surface area contributed by atoms with Crippen LogP contribution in [-0.4, -0.2) is 20.7 Å². The van der Waals surface area contributed by atoms with E-state index >= 15 is 0 Å². The minimum Gasteiger partial charge on any atom is -0.322 e. The van der Waals surface area contributed by atoms with E-state index in [0.29, 0.717) is 0 Å². The molecule has 0 aliphatic rings. The van der Waals surface area contributed by atoms with E-state index in [1.165, 1.54) is 10.5 Å². The number of aryl methyl sites for hydroxylation is 2. The maximum atomic E-state index is 6.10. The first-order valence-electron chi connectivity index (χ1n) is 5.46. The average molecular weight is 248 g/mol. The molecule has 4 nitrogen and oxygen atoms in total. The molecule has 0 aliphatic carbocycles. The number of benzene rings is 1. The third kappa shape index (κ3) is 3.08. The molecule has 0 spiro atoms. The van der Waals surface area contributed by atoms with Gasteiger partial charge in [-0.1, -0.05) is 22.9 Å². The van der Waals surface area contributed by atoms with Gasteiger partial charge in [0.2, 0.25) is 0 Å². The van der Waals surface area contributed by atoms with E-state index in [1.54, 1.807) is 22.6 Å². The van der Waals surface area contributed by atoms with Gasteiger partial charge in [0.15, 0.2) is 0 Å². The van der Waals surface area contributed by atoms with Crippen LogP contribution in [0.25, 0.3) is 0 Å². The van der Waals surface area contributed by atoms with E-state index in [4.69, 9.17) is 5.73 Å². The summed E-state index contributed by atoms with van der Waals surface area (Å²) in [6, 6.07) is 8.42. The monoisotopic (exact) mass is 248 g/mol. The average Bonchev–Trinajstić information content (AvgIpc) is 2.74. The normalized spacial score (nSPS) is 12.6. The first kappa shape index (κ1) is 12.1. The molecule has 1 unspecified atom stereocenters. The van der Waals surface area contributed by atoms with Crippen molar-refractivity contribution >= 4 is 11.8 Å². The molecule has 0 radical (unpaired) electrons. The van der Waals surface area contributed by atoms with Gasteiger partial charge in [-0.15, -0.1) is 16.9 Å². The molecule has 0 saturated carbocycles. The van der Waals surface area contributed by atoms with Gasteiger partial charge in [-0.3, -0.25) is 4.68 Å². The van der Waals surface area contributed by atoms with Crippen molar-refractivity contribution in [1.29, 1.82) is 0 Å². The minimum absolute atomic E-state index is 0.0405. The summed E-state index contributed by atoms with van der Waals surface area (Å²) in [5.41, 5.74) is 8.33. The summed E-state index contributed by atoms with van der Waals surface area (Å²) < 4.78 is 1.72. The first-order chi connectivity index (χ1) is 8.16. The molecule has 0 aliphatic heterocycles. The summed E-state index contributed by atoms with van der Waals surface area (Å²) >= 11 is 1.75. The van der Waals surface area contributed by atoms with Gasteiger partial charge in [0.05, 0.1) is 17.9 Å². The standard InChI is InChI=1S/C12H16N4S/c1-9-3-5-10(6-4-9)17-8-11(13)12-7-14-15-16(12)2/h3-7,11H,8,13H2,1-2H3. The Morgan fingerprint density at radius 3 is 2.65 bits per heavy atom. The van der Waals surface area contributed by atoms with Gasteiger partial charge >= 0.3 is 0 Å². The SMILES string of the molecule is Cc1ccc(SCC(N)c2cnnn2C)cc1. The van der Waals surface area contributed by atoms with Crippen LogP contribution in [0.15, 0.2) is 35.4 Å². The third-order valence-electron chi connectivity index (χ3n) is 2.58. The molecular formula is C12H16N4S. The van der Waals surface area contributed by atoms with E-state index in [0.717, 1.165) is 11.4 Å². The van der Waals surface area contributed by atoms with Crippen molar-refractivity contribution < 1.29 is 0 Å². The molecule has 0 amide bonds. The summed E-state index contributed by atoms with van der Waals surface area (Å²) in [4.78, 5) is 1.24. The van der Waals surface area contributed by atoms with Crippen LogP contribution in [0.1, 0.15) is 17.3 Å². The Hall–Kier alpha value is -1.33. The van der Waals surface area contributed by atoms with E-state index in [1.807, 2.05) is 7.05 Å². The zero-order chi connectivity index (χ0) is 12.3. The van der Waals surface area contributed by atoms with Crippen molar-refractivity contribution in [1.82, 2.24) is 15.0 Å². The van der Waals surface area contributed by atoms with Crippen molar-refractivity contribution in [2.75, 3.05) is 5.75 Å². The predicted molar refractivity (Wildman–Crippen MR) is 69.8 cm³/mol. The topological polar surface area (TPSA) is 56.7 Å². The van der Waals surface area contributed by atoms with Crippen LogP contribution in [0, 0.1) is 6.92 Å². The molecule has 1 aromatic heterocycles. The summed E-state index contributed by atoms with van der Waals surface area (Å²) in [5.74, 6) is 0.824. The second-order valence-electron chi connectivity index (χ2n) is 4.01. The molecule has 0 bridgehead atoms. The number of nitrogens with two attached hydrogens (primary N) is 1. The van der Waals surface area contributed by atoms with Gasteiger partial charge in [0.25, 0.3) is 0 Å². The van der Waals surface area contributed by atoms with Gasteiger partial charge in [-0.25, -0.2) is 0 Å². The lowest BCUT2D eigenvalue weighted by atomic mass is 10.2. The third-order valence-corrected chi connectivity index (χ3v) is 3.71. The summed E-state index contributed by atoms with van der Waals surface area (Å²) in [5, 5.41) is 7.71. The van der Waals surface area contributed by atoms with Gasteiger partial charge < -0.3 is 5.73 Å². The van der Waals surface area contributed by atoms with Crippen LogP contribution in [0.3, 0.4) is 0 Å². The molecule has 5 heteroatoms. The van der Waals surface area contributed by atoms with Crippen LogP contribution in [-0.2, 0) is 7.05 Å². The van der Waals surface area contributed by atoms with Crippen LogP contribution in [0.2, 0.25) is 0 Å². The lowest BCUT2D eigenvalue weighted by Gasteiger charge is -2.10. The van der Waals surface area contributed by atoms with Crippen LogP contribution >= 0.6 is 11.8 Å². The Labute approximate surface area is 105 Å². The second kappa shape index (κ2) is 5.33. The summed E-state index contributed by atoms with van der Waals surface area (Å²) in [6.45, 7) is 2.08. The Bertz CT molecular complexity index is 478. The maximum absolute atomic E-state index is 6.10. The first-order valence-corrected chi connectivity index (χ1v) is 6.45. The summed E-state index contributed by atoms with van der Waals surface area (Å²) in [7, 11) is 1.86. The fourth-order valence-corrected chi connectivity index (χ4v) is 2.41. The number of nitrogens with zero attached hydrogens (tertiary/aromatic N) is 3. The fraction of sp³-hybridized carbons (Fsp3) is 0.333. The highest BCUT2D eigenvalue weighted by atomic mass is 32.2. The lowest BCUT2D eigenvalue weighted by molar-refractivity contribution is 0.640. The molecule has 1 atom stereocenters. The van der Waals surface area contributed by atoms with Crippen molar-refractivity contribution in [3.05, 3.63) is 41.7 Å². The second-order valence-corrected chi connectivity index (χ2v) is 5.11. The zero-order valence-electron chi connectivity index (χ0n) is 10.00. The lowest BCUT2D eigenvalue weighted by Crippen LogP contribution is -2.16. The highest BCUT2D eigenvalue weighted by Crippen LogP contribution is 2.23. The molecule has 1 aromatic carbocycles. The van der Waals surface area contributed by atoms with Gasteiger partial charge in [-0.2, -0.15) is 0 Å². The van der Waals surface area contributed by atoms with Crippen LogP contribution in [0.5, 0.6) is 0 Å². The van der Waals surface area contributed by atoms with Crippen molar-refractivity contribution in [2.45, 2.75) is 17.9 Å². The number of aromatic nitrogens is 3. The van der Waals surface area contributed by atoms with Crippen molar-refractivity contribution in [2.24, 2.45) is 12.8 Å². The van der Waals surface area contributed by atoms with E-state index in [9.17, 15) is 0 Å². The molecule has 2 rings (SSSR count). The maximum Gasteiger partial charge on any atom is 0.0759 e. The largest absolute Gasteiger partial charge is 0.322 e. The van der Waals surface area contributed by atoms with Crippen LogP contribution < -0.4 is 5.73 Å². The van der Waals surface area contributed by atoms with E-state index < -0.39 is 0 Å². The molecule has 0 saturated heterocycles. The molecule has 17 heavy (non-hydrogen) atoms. The highest BCUT2D eigenvalue weighted by molar-refractivity contribution is 7.99. The Morgan fingerprint density at radius 1 is 1.35 bits per heavy atom. The Kier molecular flexibility index (Phi) is 3.81. The Balaban J connectivity index is 1.94. The van der Waals surface area contributed by atoms with Crippen molar-refractivity contribution in [3.8, 4) is 0 Å². The zero-order valence-corrected chi connectivity index (χ0v) is 10.8. The predicted octanol–water partition coefficient (Wildman–Crippen LogP) is 1.92. The molecule has 1 heterocycles. The minimum atomic E-state index is -0.0405. The fourth-order valence-electron chi connectivity index (χ4n) is 1.54. The quantitative estimate of drug-likeness (QED) is 0.840. The van der Waals surface area contributed by atoms with Crippen molar-refractivity contribution in [3.63, 3.8) is 0 Å². The Morgan fingerprint density at radius 2 is 2.06 bits per heavy atom.